The van der Waals surface area contributed by atoms with Crippen molar-refractivity contribution in [3.63, 3.8) is 0 Å². The third-order valence-electron chi connectivity index (χ3n) is 4.77. The van der Waals surface area contributed by atoms with E-state index in [1.165, 1.54) is 24.3 Å². The van der Waals surface area contributed by atoms with Gasteiger partial charge in [-0.25, -0.2) is 12.8 Å². The van der Waals surface area contributed by atoms with Crippen LogP contribution in [0.4, 0.5) is 10.1 Å². The zero-order valence-corrected chi connectivity index (χ0v) is 17.3. The minimum atomic E-state index is -3.33. The van der Waals surface area contributed by atoms with Gasteiger partial charge in [0.2, 0.25) is 10.0 Å². The van der Waals surface area contributed by atoms with Crippen molar-refractivity contribution in [1.82, 2.24) is 4.31 Å². The van der Waals surface area contributed by atoms with Gasteiger partial charge in [-0.3, -0.25) is 0 Å². The molecule has 2 aromatic carbocycles. The topological polar surface area (TPSA) is 49.9 Å². The fourth-order valence-corrected chi connectivity index (χ4v) is 4.85. The first kappa shape index (κ1) is 20.9. The Hall–Kier alpha value is -1.83. The van der Waals surface area contributed by atoms with Crippen molar-refractivity contribution in [1.29, 1.82) is 0 Å². The van der Waals surface area contributed by atoms with Crippen LogP contribution in [-0.2, 0) is 10.0 Å². The van der Waals surface area contributed by atoms with Gasteiger partial charge in [0.1, 0.15) is 11.6 Å². The molecule has 0 aromatic heterocycles. The van der Waals surface area contributed by atoms with Gasteiger partial charge >= 0.3 is 0 Å². The molecule has 5 nitrogen and oxygen atoms in total. The Morgan fingerprint density at radius 3 is 2.43 bits per heavy atom. The van der Waals surface area contributed by atoms with Gasteiger partial charge in [0.05, 0.1) is 12.4 Å². The van der Waals surface area contributed by atoms with E-state index < -0.39 is 10.0 Å². The second-order valence-electron chi connectivity index (χ2n) is 6.79. The molecule has 1 fully saturated rings. The second kappa shape index (κ2) is 9.11. The number of hydrogen-bond donors (Lipinski definition) is 0. The van der Waals surface area contributed by atoms with Gasteiger partial charge in [-0.1, -0.05) is 17.7 Å². The Bertz CT molecular complexity index is 898. The molecule has 0 spiro atoms. The van der Waals surface area contributed by atoms with Gasteiger partial charge in [0.15, 0.2) is 0 Å². The summed E-state index contributed by atoms with van der Waals surface area (Å²) in [5, 5.41) is 0.678. The third-order valence-corrected chi connectivity index (χ3v) is 6.96. The lowest BCUT2D eigenvalue weighted by Crippen LogP contribution is -2.49. The molecule has 0 N–H and O–H groups in total. The van der Waals surface area contributed by atoms with E-state index in [2.05, 4.69) is 4.90 Å². The molecule has 0 radical (unpaired) electrons. The van der Waals surface area contributed by atoms with Gasteiger partial charge in [-0.2, -0.15) is 4.31 Å². The Kier molecular flexibility index (Phi) is 6.80. The first-order valence-corrected chi connectivity index (χ1v) is 11.2. The number of anilines is 1. The first-order valence-electron chi connectivity index (χ1n) is 9.22. The Labute approximate surface area is 170 Å². The predicted molar refractivity (Wildman–Crippen MR) is 110 cm³/mol. The first-order chi connectivity index (χ1) is 13.3. The summed E-state index contributed by atoms with van der Waals surface area (Å²) in [6.45, 7) is 4.46. The molecule has 0 aliphatic carbocycles. The largest absolute Gasteiger partial charge is 0.494 e. The molecular weight excluding hydrogens is 403 g/mol. The van der Waals surface area contributed by atoms with Crippen LogP contribution >= 0.6 is 11.6 Å². The average Bonchev–Trinajstić information content (AvgIpc) is 2.69. The summed E-state index contributed by atoms with van der Waals surface area (Å²) < 4.78 is 45.1. The number of ether oxygens (including phenoxy) is 1. The highest BCUT2D eigenvalue weighted by atomic mass is 35.5. The molecule has 0 amide bonds. The van der Waals surface area contributed by atoms with E-state index in [1.807, 2.05) is 25.1 Å². The number of benzene rings is 2. The van der Waals surface area contributed by atoms with E-state index in [-0.39, 0.29) is 18.2 Å². The zero-order chi connectivity index (χ0) is 20.1. The number of hydrogen-bond acceptors (Lipinski definition) is 4. The third kappa shape index (κ3) is 5.37. The van der Waals surface area contributed by atoms with Gasteiger partial charge in [0.25, 0.3) is 0 Å². The highest BCUT2D eigenvalue weighted by molar-refractivity contribution is 7.89. The van der Waals surface area contributed by atoms with Crippen LogP contribution in [0.5, 0.6) is 5.75 Å². The van der Waals surface area contributed by atoms with E-state index in [1.54, 1.807) is 4.31 Å². The number of rotatable bonds is 7. The second-order valence-corrected chi connectivity index (χ2v) is 9.31. The van der Waals surface area contributed by atoms with Crippen molar-refractivity contribution in [2.24, 2.45) is 0 Å². The molecule has 8 heteroatoms. The van der Waals surface area contributed by atoms with E-state index in [0.29, 0.717) is 43.4 Å². The standard InChI is InChI=1S/C20H24ClFN2O3S/c1-16-3-4-17(21)15-20(16)23-9-11-24(12-10-23)28(25,26)14-2-13-27-19-7-5-18(22)6-8-19/h3-8,15H,2,9-14H2,1H3. The zero-order valence-electron chi connectivity index (χ0n) is 15.8. The van der Waals surface area contributed by atoms with Crippen LogP contribution in [0, 0.1) is 12.7 Å². The quantitative estimate of drug-likeness (QED) is 0.633. The van der Waals surface area contributed by atoms with E-state index in [9.17, 15) is 12.8 Å². The van der Waals surface area contributed by atoms with E-state index in [4.69, 9.17) is 16.3 Å². The minimum absolute atomic E-state index is 0.0321. The number of halogens is 2. The molecular formula is C20H24ClFN2O3S. The fraction of sp³-hybridized carbons (Fsp3) is 0.400. The van der Waals surface area contributed by atoms with Crippen molar-refractivity contribution in [2.45, 2.75) is 13.3 Å². The summed E-state index contributed by atoms with van der Waals surface area (Å²) in [5.41, 5.74) is 2.18. The molecule has 28 heavy (non-hydrogen) atoms. The average molecular weight is 427 g/mol. The summed E-state index contributed by atoms with van der Waals surface area (Å²) in [4.78, 5) is 2.17. The highest BCUT2D eigenvalue weighted by Gasteiger charge is 2.27. The normalized spacial score (nSPS) is 15.6. The summed E-state index contributed by atoms with van der Waals surface area (Å²) in [6.07, 6.45) is 0.382. The lowest BCUT2D eigenvalue weighted by atomic mass is 10.1. The maximum atomic E-state index is 12.9. The Morgan fingerprint density at radius 2 is 1.75 bits per heavy atom. The maximum absolute atomic E-state index is 12.9. The van der Waals surface area contributed by atoms with Crippen LogP contribution in [0.25, 0.3) is 0 Å². The van der Waals surface area contributed by atoms with E-state index >= 15 is 0 Å². The number of nitrogens with zero attached hydrogens (tertiary/aromatic N) is 2. The number of aryl methyl sites for hydroxylation is 1. The maximum Gasteiger partial charge on any atom is 0.214 e. The van der Waals surface area contributed by atoms with Crippen molar-refractivity contribution >= 4 is 27.3 Å². The van der Waals surface area contributed by atoms with Crippen molar-refractivity contribution in [2.75, 3.05) is 43.4 Å². The van der Waals surface area contributed by atoms with Gasteiger partial charge in [0, 0.05) is 36.9 Å². The van der Waals surface area contributed by atoms with Crippen LogP contribution < -0.4 is 9.64 Å². The van der Waals surface area contributed by atoms with Crippen LogP contribution in [0.3, 0.4) is 0 Å². The molecule has 0 bridgehead atoms. The monoisotopic (exact) mass is 426 g/mol. The van der Waals surface area contributed by atoms with Crippen LogP contribution in [0.2, 0.25) is 5.02 Å². The van der Waals surface area contributed by atoms with Crippen molar-refractivity contribution < 1.29 is 17.5 Å². The summed E-state index contributed by atoms with van der Waals surface area (Å²) in [6, 6.07) is 11.4. The highest BCUT2D eigenvalue weighted by Crippen LogP contribution is 2.25. The number of piperazine rings is 1. The molecule has 3 rings (SSSR count). The van der Waals surface area contributed by atoms with Gasteiger partial charge in [-0.15, -0.1) is 0 Å². The predicted octanol–water partition coefficient (Wildman–Crippen LogP) is 3.71. The lowest BCUT2D eigenvalue weighted by molar-refractivity contribution is 0.314. The molecule has 0 atom stereocenters. The van der Waals surface area contributed by atoms with Crippen molar-refractivity contribution in [3.05, 3.63) is 58.9 Å². The molecule has 1 heterocycles. The molecule has 1 saturated heterocycles. The molecule has 0 unspecified atom stereocenters. The van der Waals surface area contributed by atoms with Gasteiger partial charge < -0.3 is 9.64 Å². The Balaban J connectivity index is 1.47. The van der Waals surface area contributed by atoms with E-state index in [0.717, 1.165) is 11.3 Å². The van der Waals surface area contributed by atoms with Gasteiger partial charge in [-0.05, 0) is 55.3 Å². The summed E-state index contributed by atoms with van der Waals surface area (Å²) in [5.74, 6) is 0.232. The fourth-order valence-electron chi connectivity index (χ4n) is 3.22. The molecule has 1 aliphatic heterocycles. The SMILES string of the molecule is Cc1ccc(Cl)cc1N1CCN(S(=O)(=O)CCCOc2ccc(F)cc2)CC1. The summed E-state index contributed by atoms with van der Waals surface area (Å²) >= 11 is 6.10. The minimum Gasteiger partial charge on any atom is -0.494 e. The lowest BCUT2D eigenvalue weighted by Gasteiger charge is -2.36. The van der Waals surface area contributed by atoms with Crippen LogP contribution in [0.15, 0.2) is 42.5 Å². The number of sulfonamides is 1. The van der Waals surface area contributed by atoms with Crippen LogP contribution in [0.1, 0.15) is 12.0 Å². The molecule has 1 aliphatic rings. The summed E-state index contributed by atoms with van der Waals surface area (Å²) in [7, 11) is -3.33. The smallest absolute Gasteiger partial charge is 0.214 e. The molecule has 152 valence electrons. The Morgan fingerprint density at radius 1 is 1.07 bits per heavy atom. The van der Waals surface area contributed by atoms with Crippen LogP contribution in [-0.4, -0.2) is 51.3 Å². The molecule has 0 saturated carbocycles. The van der Waals surface area contributed by atoms with Crippen molar-refractivity contribution in [3.8, 4) is 5.75 Å². The molecule has 2 aromatic rings.